The maximum Gasteiger partial charge on any atom is 0.414 e. The summed E-state index contributed by atoms with van der Waals surface area (Å²) in [4.78, 5) is 18.2. The van der Waals surface area contributed by atoms with Gasteiger partial charge >= 0.3 is 11.9 Å². The quantitative estimate of drug-likeness (QED) is 0.325. The first-order valence-corrected chi connectivity index (χ1v) is 9.19. The number of hydrogen-bond acceptors (Lipinski definition) is 4. The van der Waals surface area contributed by atoms with Crippen molar-refractivity contribution in [1.82, 2.24) is 5.32 Å². The van der Waals surface area contributed by atoms with Crippen molar-refractivity contribution in [3.63, 3.8) is 0 Å². The molecule has 0 heterocycles. The first-order valence-electron chi connectivity index (χ1n) is 9.19. The predicted molar refractivity (Wildman–Crippen MR) is 107 cm³/mol. The summed E-state index contributed by atoms with van der Waals surface area (Å²) in [5.74, 6) is -1.92. The fourth-order valence-electron chi connectivity index (χ4n) is 2.30. The molecule has 0 aromatic heterocycles. The number of carboxylic acid groups (broad SMARTS) is 2. The maximum atomic E-state index is 9.10. The molecule has 27 heavy (non-hydrogen) atoms. The third-order valence-corrected chi connectivity index (χ3v) is 3.96. The van der Waals surface area contributed by atoms with E-state index in [1.54, 1.807) is 7.11 Å². The molecule has 0 saturated heterocycles. The Bertz CT molecular complexity index is 565. The number of ether oxygens (including phenoxy) is 1. The third kappa shape index (κ3) is 14.5. The Labute approximate surface area is 162 Å². The highest BCUT2D eigenvalue weighted by Gasteiger charge is 2.04. The minimum absolute atomic E-state index is 0.800. The van der Waals surface area contributed by atoms with E-state index < -0.39 is 11.9 Å². The normalized spacial score (nSPS) is 11.0. The van der Waals surface area contributed by atoms with Gasteiger partial charge in [0, 0.05) is 0 Å². The Morgan fingerprint density at radius 3 is 2.15 bits per heavy atom. The van der Waals surface area contributed by atoms with Gasteiger partial charge in [0.2, 0.25) is 0 Å². The van der Waals surface area contributed by atoms with Crippen molar-refractivity contribution in [2.75, 3.05) is 20.2 Å². The van der Waals surface area contributed by atoms with Crippen molar-refractivity contribution >= 4 is 11.9 Å². The van der Waals surface area contributed by atoms with E-state index in [9.17, 15) is 0 Å². The maximum absolute atomic E-state index is 9.10. The van der Waals surface area contributed by atoms with Crippen LogP contribution in [0.3, 0.4) is 0 Å². The van der Waals surface area contributed by atoms with Crippen LogP contribution >= 0.6 is 0 Å². The van der Waals surface area contributed by atoms with Crippen LogP contribution in [-0.4, -0.2) is 42.4 Å². The smallest absolute Gasteiger partial charge is 0.414 e. The second kappa shape index (κ2) is 14.8. The zero-order chi connectivity index (χ0) is 20.7. The lowest BCUT2D eigenvalue weighted by Gasteiger charge is -2.11. The standard InChI is InChI=1S/C19H31NO.C2H2O4/c1-16(2)6-5-7-17(3)12-14-20-15-13-18-8-10-19(21-4)11-9-18;3-1(4)2(5)6/h6,8-11,17,20H,5,7,12-15H2,1-4H3;(H,3,4)(H,5,6). The number of aliphatic carboxylic acids is 2. The summed E-state index contributed by atoms with van der Waals surface area (Å²) < 4.78 is 5.17. The Morgan fingerprint density at radius 1 is 1.07 bits per heavy atom. The van der Waals surface area contributed by atoms with E-state index in [0.717, 1.165) is 31.2 Å². The van der Waals surface area contributed by atoms with E-state index in [1.165, 1.54) is 30.4 Å². The molecule has 0 bridgehead atoms. The minimum Gasteiger partial charge on any atom is -0.497 e. The summed E-state index contributed by atoms with van der Waals surface area (Å²) in [5, 5.41) is 18.3. The van der Waals surface area contributed by atoms with Crippen molar-refractivity contribution in [2.24, 2.45) is 5.92 Å². The molecule has 0 amide bonds. The summed E-state index contributed by atoms with van der Waals surface area (Å²) in [6, 6.07) is 8.34. The highest BCUT2D eigenvalue weighted by atomic mass is 16.5. The van der Waals surface area contributed by atoms with Crippen molar-refractivity contribution in [1.29, 1.82) is 0 Å². The van der Waals surface area contributed by atoms with Gasteiger partial charge < -0.3 is 20.3 Å². The molecule has 6 heteroatoms. The topological polar surface area (TPSA) is 95.9 Å². The summed E-state index contributed by atoms with van der Waals surface area (Å²) in [6.07, 6.45) is 7.20. The Morgan fingerprint density at radius 2 is 1.67 bits per heavy atom. The van der Waals surface area contributed by atoms with Gasteiger partial charge in [0.15, 0.2) is 0 Å². The second-order valence-corrected chi connectivity index (χ2v) is 6.71. The molecule has 152 valence electrons. The van der Waals surface area contributed by atoms with Crippen LogP contribution in [0.1, 0.15) is 45.6 Å². The van der Waals surface area contributed by atoms with Gasteiger partial charge in [-0.2, -0.15) is 0 Å². The van der Waals surface area contributed by atoms with E-state index >= 15 is 0 Å². The molecule has 0 fully saturated rings. The van der Waals surface area contributed by atoms with Crippen molar-refractivity contribution in [3.05, 3.63) is 41.5 Å². The number of carboxylic acids is 2. The number of nitrogens with one attached hydrogen (secondary N) is 1. The van der Waals surface area contributed by atoms with E-state index in [1.807, 2.05) is 12.1 Å². The number of hydrogen-bond donors (Lipinski definition) is 3. The number of benzene rings is 1. The Balaban J connectivity index is 0.000000972. The molecule has 1 atom stereocenters. The lowest BCUT2D eigenvalue weighted by Crippen LogP contribution is -2.20. The average molecular weight is 379 g/mol. The molecule has 1 unspecified atom stereocenters. The molecule has 1 rings (SSSR count). The molecule has 0 aliphatic heterocycles. The van der Waals surface area contributed by atoms with Crippen molar-refractivity contribution in [3.8, 4) is 5.75 Å². The van der Waals surface area contributed by atoms with Crippen LogP contribution in [0.15, 0.2) is 35.9 Å². The van der Waals surface area contributed by atoms with Crippen LogP contribution in [0.5, 0.6) is 5.75 Å². The van der Waals surface area contributed by atoms with Gasteiger partial charge in [-0.3, -0.25) is 0 Å². The van der Waals surface area contributed by atoms with Crippen molar-refractivity contribution in [2.45, 2.75) is 46.5 Å². The van der Waals surface area contributed by atoms with Gasteiger partial charge in [-0.05, 0) is 76.2 Å². The molecule has 0 aliphatic rings. The lowest BCUT2D eigenvalue weighted by atomic mass is 10.0. The Kier molecular flexibility index (Phi) is 13.5. The second-order valence-electron chi connectivity index (χ2n) is 6.71. The highest BCUT2D eigenvalue weighted by molar-refractivity contribution is 6.27. The number of allylic oxidation sites excluding steroid dienone is 2. The molecule has 3 N–H and O–H groups in total. The molecular formula is C21H33NO5. The summed E-state index contributed by atoms with van der Waals surface area (Å²) in [5.41, 5.74) is 2.79. The van der Waals surface area contributed by atoms with Gasteiger partial charge in [-0.1, -0.05) is 30.7 Å². The van der Waals surface area contributed by atoms with Gasteiger partial charge in [0.05, 0.1) is 7.11 Å². The van der Waals surface area contributed by atoms with Gasteiger partial charge in [-0.25, -0.2) is 9.59 Å². The fraction of sp³-hybridized carbons (Fsp3) is 0.524. The predicted octanol–water partition coefficient (Wildman–Crippen LogP) is 3.76. The summed E-state index contributed by atoms with van der Waals surface area (Å²) in [6.45, 7) is 8.86. The van der Waals surface area contributed by atoms with E-state index in [-0.39, 0.29) is 0 Å². The number of carbonyl (C=O) groups is 2. The number of methoxy groups -OCH3 is 1. The lowest BCUT2D eigenvalue weighted by molar-refractivity contribution is -0.159. The monoisotopic (exact) mass is 379 g/mol. The van der Waals surface area contributed by atoms with Gasteiger partial charge in [0.25, 0.3) is 0 Å². The number of rotatable bonds is 10. The fourth-order valence-corrected chi connectivity index (χ4v) is 2.30. The zero-order valence-corrected chi connectivity index (χ0v) is 16.8. The van der Waals surface area contributed by atoms with E-state index in [4.69, 9.17) is 24.5 Å². The molecular weight excluding hydrogens is 346 g/mol. The van der Waals surface area contributed by atoms with Crippen LogP contribution < -0.4 is 10.1 Å². The van der Waals surface area contributed by atoms with Crippen LogP contribution in [0, 0.1) is 5.92 Å². The minimum atomic E-state index is -1.82. The largest absolute Gasteiger partial charge is 0.497 e. The van der Waals surface area contributed by atoms with Crippen LogP contribution in [0.25, 0.3) is 0 Å². The molecule has 1 aromatic carbocycles. The summed E-state index contributed by atoms with van der Waals surface area (Å²) >= 11 is 0. The highest BCUT2D eigenvalue weighted by Crippen LogP contribution is 2.12. The zero-order valence-electron chi connectivity index (χ0n) is 16.8. The third-order valence-electron chi connectivity index (χ3n) is 3.96. The van der Waals surface area contributed by atoms with Gasteiger partial charge in [0.1, 0.15) is 5.75 Å². The van der Waals surface area contributed by atoms with E-state index in [0.29, 0.717) is 0 Å². The molecule has 0 radical (unpaired) electrons. The first kappa shape index (κ1) is 24.7. The Hall–Kier alpha value is -2.34. The van der Waals surface area contributed by atoms with Gasteiger partial charge in [-0.15, -0.1) is 0 Å². The van der Waals surface area contributed by atoms with Crippen molar-refractivity contribution < 1.29 is 24.5 Å². The molecule has 0 saturated carbocycles. The first-order chi connectivity index (χ1) is 12.8. The van der Waals surface area contributed by atoms with Crippen LogP contribution in [-0.2, 0) is 16.0 Å². The molecule has 0 aliphatic carbocycles. The molecule has 0 spiro atoms. The molecule has 6 nitrogen and oxygen atoms in total. The summed E-state index contributed by atoms with van der Waals surface area (Å²) in [7, 11) is 1.70. The average Bonchev–Trinajstić information content (AvgIpc) is 2.62. The molecule has 1 aromatic rings. The SMILES string of the molecule is COc1ccc(CCNCCC(C)CCC=C(C)C)cc1.O=C(O)C(=O)O. The van der Waals surface area contributed by atoms with Crippen LogP contribution in [0.2, 0.25) is 0 Å². The van der Waals surface area contributed by atoms with Crippen LogP contribution in [0.4, 0.5) is 0 Å². The van der Waals surface area contributed by atoms with E-state index in [2.05, 4.69) is 44.3 Å².